The van der Waals surface area contributed by atoms with Crippen LogP contribution in [0, 0.1) is 13.8 Å². The predicted molar refractivity (Wildman–Crippen MR) is 86.7 cm³/mol. The molecule has 0 atom stereocenters. The Morgan fingerprint density at radius 2 is 2.00 bits per heavy atom. The lowest BCUT2D eigenvalue weighted by Gasteiger charge is -2.13. The molecule has 0 unspecified atom stereocenters. The number of aryl methyl sites for hydroxylation is 2. The monoisotopic (exact) mass is 287 g/mol. The quantitative estimate of drug-likeness (QED) is 0.886. The lowest BCUT2D eigenvalue weighted by molar-refractivity contribution is 0.414. The van der Waals surface area contributed by atoms with Crippen LogP contribution in [0.15, 0.2) is 18.2 Å². The zero-order valence-corrected chi connectivity index (χ0v) is 13.7. The summed E-state index contributed by atoms with van der Waals surface area (Å²) in [7, 11) is 1.71. The van der Waals surface area contributed by atoms with Crippen molar-refractivity contribution >= 4 is 0 Å². The highest BCUT2D eigenvalue weighted by Crippen LogP contribution is 2.32. The van der Waals surface area contributed by atoms with Gasteiger partial charge in [0.05, 0.1) is 12.8 Å². The minimum atomic E-state index is 0.833. The van der Waals surface area contributed by atoms with Gasteiger partial charge in [0, 0.05) is 24.3 Å². The van der Waals surface area contributed by atoms with E-state index >= 15 is 0 Å². The van der Waals surface area contributed by atoms with E-state index in [2.05, 4.69) is 54.9 Å². The second-order valence-corrected chi connectivity index (χ2v) is 5.16. The third-order valence-electron chi connectivity index (χ3n) is 3.83. The summed E-state index contributed by atoms with van der Waals surface area (Å²) in [5, 5.41) is 8.04. The normalized spacial score (nSPS) is 10.9. The Morgan fingerprint density at radius 1 is 1.24 bits per heavy atom. The van der Waals surface area contributed by atoms with Gasteiger partial charge in [-0.1, -0.05) is 13.0 Å². The smallest absolute Gasteiger partial charge is 0.119 e. The Morgan fingerprint density at radius 3 is 2.57 bits per heavy atom. The van der Waals surface area contributed by atoms with Gasteiger partial charge in [-0.25, -0.2) is 0 Å². The molecule has 114 valence electrons. The van der Waals surface area contributed by atoms with Crippen molar-refractivity contribution in [2.45, 2.75) is 40.8 Å². The molecule has 0 fully saturated rings. The van der Waals surface area contributed by atoms with E-state index in [1.807, 2.05) is 6.07 Å². The Kier molecular flexibility index (Phi) is 5.02. The minimum absolute atomic E-state index is 0.833. The molecule has 0 amide bonds. The average molecular weight is 287 g/mol. The molecule has 0 saturated heterocycles. The van der Waals surface area contributed by atoms with E-state index in [4.69, 9.17) is 4.74 Å². The molecular weight excluding hydrogens is 262 g/mol. The molecule has 0 aliphatic carbocycles. The highest BCUT2D eigenvalue weighted by atomic mass is 16.5. The number of aromatic nitrogens is 2. The van der Waals surface area contributed by atoms with E-state index in [0.717, 1.165) is 31.1 Å². The van der Waals surface area contributed by atoms with Crippen molar-refractivity contribution in [3.05, 3.63) is 35.2 Å². The lowest BCUT2D eigenvalue weighted by Crippen LogP contribution is -2.12. The van der Waals surface area contributed by atoms with Gasteiger partial charge in [0.1, 0.15) is 5.75 Å². The van der Waals surface area contributed by atoms with Crippen molar-refractivity contribution in [3.8, 4) is 16.9 Å². The molecule has 1 aromatic heterocycles. The number of hydrogen-bond acceptors (Lipinski definition) is 3. The van der Waals surface area contributed by atoms with E-state index in [1.165, 1.54) is 22.4 Å². The summed E-state index contributed by atoms with van der Waals surface area (Å²) in [6.45, 7) is 11.1. The lowest BCUT2D eigenvalue weighted by atomic mass is 9.97. The van der Waals surface area contributed by atoms with Crippen LogP contribution in [-0.2, 0) is 13.1 Å². The van der Waals surface area contributed by atoms with Crippen LogP contribution >= 0.6 is 0 Å². The number of methoxy groups -OCH3 is 1. The van der Waals surface area contributed by atoms with Crippen LogP contribution in [0.1, 0.15) is 30.8 Å². The van der Waals surface area contributed by atoms with Crippen LogP contribution in [0.2, 0.25) is 0 Å². The van der Waals surface area contributed by atoms with E-state index in [0.29, 0.717) is 0 Å². The number of nitrogens with zero attached hydrogens (tertiary/aromatic N) is 2. The number of hydrogen-bond donors (Lipinski definition) is 1. The zero-order valence-electron chi connectivity index (χ0n) is 13.7. The maximum atomic E-state index is 5.36. The van der Waals surface area contributed by atoms with Gasteiger partial charge in [0.25, 0.3) is 0 Å². The first kappa shape index (κ1) is 15.6. The summed E-state index contributed by atoms with van der Waals surface area (Å²) in [5.41, 5.74) is 6.03. The molecule has 1 heterocycles. The Balaban J connectivity index is 2.54. The van der Waals surface area contributed by atoms with Gasteiger partial charge < -0.3 is 10.1 Å². The molecule has 0 aliphatic heterocycles. The molecule has 0 bridgehead atoms. The van der Waals surface area contributed by atoms with Crippen molar-refractivity contribution in [2.24, 2.45) is 0 Å². The fourth-order valence-electron chi connectivity index (χ4n) is 2.74. The van der Waals surface area contributed by atoms with Gasteiger partial charge in [-0.15, -0.1) is 0 Å². The molecule has 2 aromatic rings. The third-order valence-corrected chi connectivity index (χ3v) is 3.83. The second kappa shape index (κ2) is 6.76. The zero-order chi connectivity index (χ0) is 15.4. The van der Waals surface area contributed by atoms with Gasteiger partial charge in [-0.2, -0.15) is 5.10 Å². The summed E-state index contributed by atoms with van der Waals surface area (Å²) >= 11 is 0. The molecule has 1 N–H and O–H groups in total. The van der Waals surface area contributed by atoms with Crippen molar-refractivity contribution in [1.29, 1.82) is 0 Å². The Hall–Kier alpha value is -1.81. The molecule has 21 heavy (non-hydrogen) atoms. The predicted octanol–water partition coefficient (Wildman–Crippen LogP) is 3.30. The summed E-state index contributed by atoms with van der Waals surface area (Å²) in [4.78, 5) is 0. The highest BCUT2D eigenvalue weighted by molar-refractivity contribution is 5.72. The molecule has 4 nitrogen and oxygen atoms in total. The molecule has 0 aliphatic rings. The maximum Gasteiger partial charge on any atom is 0.119 e. The van der Waals surface area contributed by atoms with Gasteiger partial charge in [0.2, 0.25) is 0 Å². The fraction of sp³-hybridized carbons (Fsp3) is 0.471. The summed E-state index contributed by atoms with van der Waals surface area (Å²) in [5.74, 6) is 0.893. The first-order chi connectivity index (χ1) is 10.1. The van der Waals surface area contributed by atoms with Crippen LogP contribution in [-0.4, -0.2) is 23.4 Å². The SMILES string of the molecule is CCNCc1cc(OC)ccc1-c1c(C)nn(CC)c1C. The first-order valence-electron chi connectivity index (χ1n) is 7.54. The van der Waals surface area contributed by atoms with E-state index in [1.54, 1.807) is 7.11 Å². The number of benzene rings is 1. The van der Waals surface area contributed by atoms with Crippen LogP contribution in [0.3, 0.4) is 0 Å². The topological polar surface area (TPSA) is 39.1 Å². The highest BCUT2D eigenvalue weighted by Gasteiger charge is 2.16. The largest absolute Gasteiger partial charge is 0.497 e. The average Bonchev–Trinajstić information content (AvgIpc) is 2.79. The van der Waals surface area contributed by atoms with Crippen molar-refractivity contribution in [1.82, 2.24) is 15.1 Å². The number of rotatable bonds is 6. The van der Waals surface area contributed by atoms with Gasteiger partial charge in [0.15, 0.2) is 0 Å². The molecule has 0 spiro atoms. The first-order valence-corrected chi connectivity index (χ1v) is 7.54. The van der Waals surface area contributed by atoms with Crippen molar-refractivity contribution in [3.63, 3.8) is 0 Å². The minimum Gasteiger partial charge on any atom is -0.497 e. The Bertz CT molecular complexity index is 617. The summed E-state index contributed by atoms with van der Waals surface area (Å²) in [6, 6.07) is 6.27. The van der Waals surface area contributed by atoms with Gasteiger partial charge >= 0.3 is 0 Å². The van der Waals surface area contributed by atoms with Crippen LogP contribution in [0.4, 0.5) is 0 Å². The van der Waals surface area contributed by atoms with Gasteiger partial charge in [-0.05, 0) is 50.6 Å². The summed E-state index contributed by atoms with van der Waals surface area (Å²) < 4.78 is 7.43. The number of nitrogens with one attached hydrogen (secondary N) is 1. The van der Waals surface area contributed by atoms with E-state index in [9.17, 15) is 0 Å². The molecular formula is C17H25N3O. The second-order valence-electron chi connectivity index (χ2n) is 5.16. The molecule has 2 rings (SSSR count). The molecule has 0 saturated carbocycles. The molecule has 1 aromatic carbocycles. The van der Waals surface area contributed by atoms with Crippen molar-refractivity contribution in [2.75, 3.05) is 13.7 Å². The fourth-order valence-corrected chi connectivity index (χ4v) is 2.74. The van der Waals surface area contributed by atoms with Gasteiger partial charge in [-0.3, -0.25) is 4.68 Å². The van der Waals surface area contributed by atoms with E-state index < -0.39 is 0 Å². The van der Waals surface area contributed by atoms with E-state index in [-0.39, 0.29) is 0 Å². The number of ether oxygens (including phenoxy) is 1. The van der Waals surface area contributed by atoms with Crippen molar-refractivity contribution < 1.29 is 4.74 Å². The molecule has 4 heteroatoms. The van der Waals surface area contributed by atoms with Crippen LogP contribution in [0.25, 0.3) is 11.1 Å². The Labute approximate surface area is 127 Å². The molecule has 0 radical (unpaired) electrons. The van der Waals surface area contributed by atoms with Crippen LogP contribution in [0.5, 0.6) is 5.75 Å². The summed E-state index contributed by atoms with van der Waals surface area (Å²) in [6.07, 6.45) is 0. The third kappa shape index (κ3) is 3.10. The standard InChI is InChI=1S/C17H25N3O/c1-6-18-11-14-10-15(21-5)8-9-16(14)17-12(3)19-20(7-2)13(17)4/h8-10,18H,6-7,11H2,1-5H3. The maximum absolute atomic E-state index is 5.36. The van der Waals surface area contributed by atoms with Crippen LogP contribution < -0.4 is 10.1 Å².